The molecule has 1 N–H and O–H groups in total. The lowest BCUT2D eigenvalue weighted by Crippen LogP contribution is -2.12. The lowest BCUT2D eigenvalue weighted by molar-refractivity contribution is 0.102. The molecule has 1 amide bonds. The van der Waals surface area contributed by atoms with Crippen LogP contribution in [0, 0.1) is 0 Å². The summed E-state index contributed by atoms with van der Waals surface area (Å²) in [6.07, 6.45) is 1.30. The van der Waals surface area contributed by atoms with Gasteiger partial charge in [-0.25, -0.2) is 9.97 Å². The number of alkyl halides is 1. The second-order valence-corrected chi connectivity index (χ2v) is 4.46. The fraction of sp³-hybridized carbons (Fsp3) is 0.0833. The second-order valence-electron chi connectivity index (χ2n) is 3.51. The molecule has 2 aromatic rings. The zero-order valence-electron chi connectivity index (χ0n) is 9.23. The third kappa shape index (κ3) is 3.27. The highest BCUT2D eigenvalue weighted by molar-refractivity contribution is 9.08. The molecule has 0 bridgehead atoms. The summed E-state index contributed by atoms with van der Waals surface area (Å²) in [5.74, 6) is 0.149. The van der Waals surface area contributed by atoms with Crippen LogP contribution >= 0.6 is 27.5 Å². The van der Waals surface area contributed by atoms with Gasteiger partial charge in [0.05, 0.1) is 0 Å². The van der Waals surface area contributed by atoms with E-state index in [0.29, 0.717) is 11.4 Å². The molecule has 0 aliphatic heterocycles. The SMILES string of the molecule is O=C(Nc1cc(Cl)ncn1)c1ccc(CBr)cc1. The van der Waals surface area contributed by atoms with Crippen molar-refractivity contribution in [1.29, 1.82) is 0 Å². The topological polar surface area (TPSA) is 54.9 Å². The second kappa shape index (κ2) is 5.93. The molecule has 0 radical (unpaired) electrons. The van der Waals surface area contributed by atoms with Crippen molar-refractivity contribution in [2.75, 3.05) is 5.32 Å². The number of amides is 1. The van der Waals surface area contributed by atoms with Gasteiger partial charge in [0.1, 0.15) is 17.3 Å². The van der Waals surface area contributed by atoms with Crippen LogP contribution in [0.1, 0.15) is 15.9 Å². The monoisotopic (exact) mass is 325 g/mol. The first-order valence-corrected chi connectivity index (χ1v) is 6.63. The number of aromatic nitrogens is 2. The van der Waals surface area contributed by atoms with Gasteiger partial charge in [-0.1, -0.05) is 39.7 Å². The summed E-state index contributed by atoms with van der Waals surface area (Å²) in [5, 5.41) is 3.70. The molecule has 0 saturated carbocycles. The first kappa shape index (κ1) is 13.0. The molecular formula is C12H9BrClN3O. The number of halogens is 2. The highest BCUT2D eigenvalue weighted by Crippen LogP contribution is 2.12. The van der Waals surface area contributed by atoms with E-state index in [0.717, 1.165) is 10.9 Å². The van der Waals surface area contributed by atoms with E-state index in [2.05, 4.69) is 31.2 Å². The largest absolute Gasteiger partial charge is 0.306 e. The van der Waals surface area contributed by atoms with Crippen molar-refractivity contribution in [3.05, 3.63) is 52.9 Å². The highest BCUT2D eigenvalue weighted by atomic mass is 79.9. The van der Waals surface area contributed by atoms with E-state index < -0.39 is 0 Å². The van der Waals surface area contributed by atoms with Gasteiger partial charge < -0.3 is 5.32 Å². The van der Waals surface area contributed by atoms with Crippen molar-refractivity contribution in [3.8, 4) is 0 Å². The Morgan fingerprint density at radius 2 is 2.00 bits per heavy atom. The summed E-state index contributed by atoms with van der Waals surface area (Å²) >= 11 is 9.05. The molecule has 0 saturated heterocycles. The zero-order chi connectivity index (χ0) is 13.0. The molecule has 0 aliphatic carbocycles. The Kier molecular flexibility index (Phi) is 4.28. The van der Waals surface area contributed by atoms with E-state index in [9.17, 15) is 4.79 Å². The minimum Gasteiger partial charge on any atom is -0.306 e. The summed E-state index contributed by atoms with van der Waals surface area (Å²) in [7, 11) is 0. The van der Waals surface area contributed by atoms with Gasteiger partial charge in [0.15, 0.2) is 0 Å². The number of nitrogens with zero attached hydrogens (tertiary/aromatic N) is 2. The molecular weight excluding hydrogens is 318 g/mol. The van der Waals surface area contributed by atoms with Crippen LogP contribution in [0.5, 0.6) is 0 Å². The summed E-state index contributed by atoms with van der Waals surface area (Å²) in [6, 6.07) is 8.78. The van der Waals surface area contributed by atoms with Crippen LogP contribution in [0.2, 0.25) is 5.15 Å². The predicted molar refractivity (Wildman–Crippen MR) is 74.1 cm³/mol. The van der Waals surface area contributed by atoms with E-state index in [1.807, 2.05) is 12.1 Å². The number of anilines is 1. The number of benzene rings is 1. The molecule has 18 heavy (non-hydrogen) atoms. The van der Waals surface area contributed by atoms with Crippen LogP contribution in [-0.2, 0) is 5.33 Å². The minimum atomic E-state index is -0.231. The van der Waals surface area contributed by atoms with Gasteiger partial charge in [-0.15, -0.1) is 0 Å². The first-order chi connectivity index (χ1) is 8.69. The van der Waals surface area contributed by atoms with Crippen LogP contribution in [-0.4, -0.2) is 15.9 Å². The molecule has 0 fully saturated rings. The van der Waals surface area contributed by atoms with E-state index in [1.165, 1.54) is 12.4 Å². The van der Waals surface area contributed by atoms with Crippen molar-refractivity contribution in [1.82, 2.24) is 9.97 Å². The normalized spacial score (nSPS) is 10.1. The summed E-state index contributed by atoms with van der Waals surface area (Å²) in [6.45, 7) is 0. The minimum absolute atomic E-state index is 0.231. The summed E-state index contributed by atoms with van der Waals surface area (Å²) in [4.78, 5) is 19.5. The molecule has 1 aromatic carbocycles. The molecule has 4 nitrogen and oxygen atoms in total. The Morgan fingerprint density at radius 1 is 1.28 bits per heavy atom. The smallest absolute Gasteiger partial charge is 0.256 e. The highest BCUT2D eigenvalue weighted by Gasteiger charge is 2.07. The van der Waals surface area contributed by atoms with Crippen LogP contribution in [0.3, 0.4) is 0 Å². The Hall–Kier alpha value is -1.46. The first-order valence-electron chi connectivity index (χ1n) is 5.13. The number of hydrogen-bond donors (Lipinski definition) is 1. The predicted octanol–water partition coefficient (Wildman–Crippen LogP) is 3.28. The summed E-state index contributed by atoms with van der Waals surface area (Å²) in [5.41, 5.74) is 1.67. The van der Waals surface area contributed by atoms with Crippen molar-refractivity contribution in [2.45, 2.75) is 5.33 Å². The molecule has 92 valence electrons. The molecule has 0 aliphatic rings. The number of carbonyl (C=O) groups excluding carboxylic acids is 1. The maximum absolute atomic E-state index is 11.9. The van der Waals surface area contributed by atoms with Crippen LogP contribution < -0.4 is 5.32 Å². The van der Waals surface area contributed by atoms with Crippen LogP contribution in [0.25, 0.3) is 0 Å². The van der Waals surface area contributed by atoms with Gasteiger partial charge in [-0.2, -0.15) is 0 Å². The Balaban J connectivity index is 2.11. The molecule has 1 heterocycles. The quantitative estimate of drug-likeness (QED) is 0.695. The molecule has 2 rings (SSSR count). The van der Waals surface area contributed by atoms with Crippen LogP contribution in [0.4, 0.5) is 5.82 Å². The molecule has 0 spiro atoms. The Labute approximate surface area is 118 Å². The fourth-order valence-corrected chi connectivity index (χ4v) is 1.86. The van der Waals surface area contributed by atoms with Gasteiger partial charge in [0.2, 0.25) is 0 Å². The van der Waals surface area contributed by atoms with Crippen molar-refractivity contribution < 1.29 is 4.79 Å². The van der Waals surface area contributed by atoms with Crippen molar-refractivity contribution in [2.24, 2.45) is 0 Å². The number of rotatable bonds is 3. The van der Waals surface area contributed by atoms with E-state index >= 15 is 0 Å². The standard InChI is InChI=1S/C12H9BrClN3O/c13-6-8-1-3-9(4-2-8)12(18)17-11-5-10(14)15-7-16-11/h1-5,7H,6H2,(H,15,16,17,18). The van der Waals surface area contributed by atoms with Gasteiger partial charge in [0, 0.05) is 17.0 Å². The average molecular weight is 327 g/mol. The van der Waals surface area contributed by atoms with E-state index in [1.54, 1.807) is 12.1 Å². The van der Waals surface area contributed by atoms with Crippen molar-refractivity contribution >= 4 is 39.3 Å². The molecule has 0 unspecified atom stereocenters. The third-order valence-electron chi connectivity index (χ3n) is 2.25. The molecule has 6 heteroatoms. The summed E-state index contributed by atoms with van der Waals surface area (Å²) < 4.78 is 0. The fourth-order valence-electron chi connectivity index (χ4n) is 1.34. The van der Waals surface area contributed by atoms with Gasteiger partial charge in [0.25, 0.3) is 5.91 Å². The lowest BCUT2D eigenvalue weighted by Gasteiger charge is -2.04. The van der Waals surface area contributed by atoms with E-state index in [-0.39, 0.29) is 11.1 Å². The third-order valence-corrected chi connectivity index (χ3v) is 3.10. The van der Waals surface area contributed by atoms with Crippen LogP contribution in [0.15, 0.2) is 36.7 Å². The Bertz CT molecular complexity index is 560. The number of nitrogens with one attached hydrogen (secondary N) is 1. The van der Waals surface area contributed by atoms with Gasteiger partial charge in [-0.05, 0) is 17.7 Å². The number of hydrogen-bond acceptors (Lipinski definition) is 3. The van der Waals surface area contributed by atoms with Crippen molar-refractivity contribution in [3.63, 3.8) is 0 Å². The molecule has 0 atom stereocenters. The maximum Gasteiger partial charge on any atom is 0.256 e. The molecule has 1 aromatic heterocycles. The van der Waals surface area contributed by atoms with E-state index in [4.69, 9.17) is 11.6 Å². The number of carbonyl (C=O) groups is 1. The maximum atomic E-state index is 11.9. The van der Waals surface area contributed by atoms with Gasteiger partial charge in [-0.3, -0.25) is 4.79 Å². The Morgan fingerprint density at radius 3 is 2.61 bits per heavy atom. The van der Waals surface area contributed by atoms with Gasteiger partial charge >= 0.3 is 0 Å². The average Bonchev–Trinajstić information content (AvgIpc) is 2.39. The lowest BCUT2D eigenvalue weighted by atomic mass is 10.1. The zero-order valence-corrected chi connectivity index (χ0v) is 11.6.